The van der Waals surface area contributed by atoms with Crippen LogP contribution in [0.2, 0.25) is 0 Å². The molecule has 0 aliphatic carbocycles. The molecular formula is C48H57N5O9. The molecule has 0 spiro atoms. The molecule has 14 heteroatoms. The Morgan fingerprint density at radius 1 is 0.968 bits per heavy atom. The highest BCUT2D eigenvalue weighted by Gasteiger charge is 2.48. The monoisotopic (exact) mass is 847 g/mol. The number of hydrogen-bond donors (Lipinski definition) is 4. The molecule has 14 nitrogen and oxygen atoms in total. The highest BCUT2D eigenvalue weighted by Crippen LogP contribution is 2.42. The molecule has 2 aromatic heterocycles. The number of hydrogen-bond acceptors (Lipinski definition) is 13. The summed E-state index contributed by atoms with van der Waals surface area (Å²) in [7, 11) is 4.09. The fourth-order valence-corrected chi connectivity index (χ4v) is 8.81. The Morgan fingerprint density at radius 3 is 2.42 bits per heavy atom. The first-order valence-electron chi connectivity index (χ1n) is 21.0. The van der Waals surface area contributed by atoms with Gasteiger partial charge in [0.05, 0.1) is 41.2 Å². The Labute approximate surface area is 361 Å². The minimum Gasteiger partial charge on any atom is -0.508 e. The van der Waals surface area contributed by atoms with Crippen molar-refractivity contribution in [3.63, 3.8) is 0 Å². The topological polar surface area (TPSA) is 184 Å². The number of phenolic OH excluding ortho intramolecular Hbond substituents is 3. The van der Waals surface area contributed by atoms with Crippen LogP contribution >= 0.6 is 0 Å². The number of nitrogens with one attached hydrogen (secondary N) is 1. The van der Waals surface area contributed by atoms with E-state index in [0.29, 0.717) is 54.8 Å². The molecule has 62 heavy (non-hydrogen) atoms. The number of aldehydes is 1. The molecular weight excluding hydrogens is 791 g/mol. The fourth-order valence-electron chi connectivity index (χ4n) is 8.81. The molecule has 328 valence electrons. The van der Waals surface area contributed by atoms with Gasteiger partial charge in [0.2, 0.25) is 0 Å². The lowest BCUT2D eigenvalue weighted by Gasteiger charge is -2.36. The first kappa shape index (κ1) is 45.6. The van der Waals surface area contributed by atoms with E-state index in [2.05, 4.69) is 47.3 Å². The van der Waals surface area contributed by atoms with Gasteiger partial charge in [-0.25, -0.2) is 9.78 Å². The molecule has 0 fully saturated rings. The van der Waals surface area contributed by atoms with E-state index in [1.807, 2.05) is 40.7 Å². The minimum absolute atomic E-state index is 0.0260. The predicted octanol–water partition coefficient (Wildman–Crippen LogP) is 5.89. The molecule has 1 unspecified atom stereocenters. The second-order valence-corrected chi connectivity index (χ2v) is 16.3. The number of ether oxygens (including phenoxy) is 2. The standard InChI is InChI=1S/C37H43N5O5.C10H12O3.CH2O/c1-5-27-28-16-26(43)9-10-32(28)39-34-29(27)21-42-33(34)17-31-30(35(42)44)22-46-36(45)37(31,6-2)47-14-13-41(12-11-38-3)18-23-7-8-24-19-40(4)20-25(24)15-23;1-6(2)8-3-7(5-11)9(12)4-10(8)13;1-2/h7-10,15-17,38,43H,5-6,11-14,18-22H2,1-4H3;3-6,12-13H,1-2H3;1H2. The summed E-state index contributed by atoms with van der Waals surface area (Å²) < 4.78 is 14.0. The van der Waals surface area contributed by atoms with Gasteiger partial charge in [0.15, 0.2) is 11.9 Å². The summed E-state index contributed by atoms with van der Waals surface area (Å²) in [5.41, 5.74) is 8.57. The average molecular weight is 848 g/mol. The number of aryl methyl sites for hydroxylation is 1. The van der Waals surface area contributed by atoms with Crippen molar-refractivity contribution in [2.75, 3.05) is 40.3 Å². The van der Waals surface area contributed by atoms with Crippen molar-refractivity contribution < 1.29 is 39.2 Å². The molecule has 3 aliphatic heterocycles. The van der Waals surface area contributed by atoms with Gasteiger partial charge in [-0.2, -0.15) is 0 Å². The maximum absolute atomic E-state index is 14.1. The van der Waals surface area contributed by atoms with Gasteiger partial charge < -0.3 is 39.5 Å². The number of aromatic hydroxyl groups is 3. The van der Waals surface area contributed by atoms with Crippen molar-refractivity contribution in [2.45, 2.75) is 84.8 Å². The summed E-state index contributed by atoms with van der Waals surface area (Å²) in [6.07, 6.45) is 1.62. The van der Waals surface area contributed by atoms with Crippen molar-refractivity contribution in [2.24, 2.45) is 0 Å². The van der Waals surface area contributed by atoms with Gasteiger partial charge in [0, 0.05) is 61.8 Å². The number of carbonyl (C=O) groups is 3. The average Bonchev–Trinajstić information content (AvgIpc) is 3.82. The van der Waals surface area contributed by atoms with Gasteiger partial charge in [-0.3, -0.25) is 19.4 Å². The summed E-state index contributed by atoms with van der Waals surface area (Å²) in [5, 5.41) is 32.9. The van der Waals surface area contributed by atoms with Gasteiger partial charge in [-0.1, -0.05) is 45.9 Å². The van der Waals surface area contributed by atoms with E-state index < -0.39 is 11.6 Å². The lowest BCUT2D eigenvalue weighted by atomic mass is 9.85. The van der Waals surface area contributed by atoms with Crippen LogP contribution in [0.1, 0.15) is 94.9 Å². The third kappa shape index (κ3) is 8.86. The van der Waals surface area contributed by atoms with E-state index in [1.165, 1.54) is 28.8 Å². The number of carbonyl (C=O) groups excluding carboxylic acids is 3. The van der Waals surface area contributed by atoms with Gasteiger partial charge in [0.1, 0.15) is 30.6 Å². The van der Waals surface area contributed by atoms with Crippen molar-refractivity contribution in [3.8, 4) is 28.6 Å². The first-order chi connectivity index (χ1) is 29.8. The quantitative estimate of drug-likeness (QED) is 0.0799. The van der Waals surface area contributed by atoms with Gasteiger partial charge in [-0.15, -0.1) is 0 Å². The molecule has 0 saturated heterocycles. The number of nitrogens with zero attached hydrogens (tertiary/aromatic N) is 4. The zero-order chi connectivity index (χ0) is 44.9. The molecule has 1 atom stereocenters. The van der Waals surface area contributed by atoms with E-state index in [9.17, 15) is 29.7 Å². The van der Waals surface area contributed by atoms with Crippen molar-refractivity contribution in [1.29, 1.82) is 0 Å². The van der Waals surface area contributed by atoms with E-state index in [1.54, 1.807) is 22.8 Å². The lowest BCUT2D eigenvalue weighted by molar-refractivity contribution is -0.181. The fraction of sp³-hybridized carbons (Fsp3) is 0.396. The molecule has 3 aromatic carbocycles. The Morgan fingerprint density at radius 2 is 1.73 bits per heavy atom. The molecule has 0 radical (unpaired) electrons. The highest BCUT2D eigenvalue weighted by molar-refractivity contribution is 5.90. The third-order valence-corrected chi connectivity index (χ3v) is 12.0. The lowest BCUT2D eigenvalue weighted by Crippen LogP contribution is -2.47. The van der Waals surface area contributed by atoms with E-state index in [-0.39, 0.29) is 40.9 Å². The predicted molar refractivity (Wildman–Crippen MR) is 236 cm³/mol. The summed E-state index contributed by atoms with van der Waals surface area (Å²) in [6, 6.07) is 16.6. The number of aromatic nitrogens is 2. The molecule has 5 heterocycles. The van der Waals surface area contributed by atoms with E-state index in [4.69, 9.17) is 19.3 Å². The maximum atomic E-state index is 14.1. The molecule has 0 saturated carbocycles. The molecule has 3 aliphatic rings. The molecule has 8 rings (SSSR count). The minimum atomic E-state index is -1.39. The summed E-state index contributed by atoms with van der Waals surface area (Å²) in [6.45, 7) is 15.3. The number of cyclic esters (lactones) is 1. The molecule has 5 aromatic rings. The van der Waals surface area contributed by atoms with Crippen LogP contribution in [-0.4, -0.2) is 94.1 Å². The Balaban J connectivity index is 0.000000365. The van der Waals surface area contributed by atoms with E-state index in [0.717, 1.165) is 66.9 Å². The van der Waals surface area contributed by atoms with Crippen LogP contribution < -0.4 is 10.9 Å². The van der Waals surface area contributed by atoms with Gasteiger partial charge in [0.25, 0.3) is 5.56 Å². The molecule has 0 bridgehead atoms. The summed E-state index contributed by atoms with van der Waals surface area (Å²) >= 11 is 0. The number of fused-ring (bicyclic) bond motifs is 6. The Hall–Kier alpha value is -5.93. The normalized spacial score (nSPS) is 16.2. The zero-order valence-electron chi connectivity index (χ0n) is 36.4. The first-order valence-corrected chi connectivity index (χ1v) is 21.0. The van der Waals surface area contributed by atoms with Crippen molar-refractivity contribution in [1.82, 2.24) is 24.7 Å². The summed E-state index contributed by atoms with van der Waals surface area (Å²) in [5.74, 6) is -0.313. The van der Waals surface area contributed by atoms with Crippen LogP contribution in [0.5, 0.6) is 17.2 Å². The smallest absolute Gasteiger partial charge is 0.343 e. The summed E-state index contributed by atoms with van der Waals surface area (Å²) in [4.78, 5) is 55.8. The van der Waals surface area contributed by atoms with Crippen LogP contribution in [0.3, 0.4) is 0 Å². The molecule has 4 N–H and O–H groups in total. The van der Waals surface area contributed by atoms with Crippen LogP contribution in [0.15, 0.2) is 59.4 Å². The SMILES string of the molecule is C=O.CC(C)c1cc(C=O)c(O)cc1O.CCc1c2c(nc3ccc(O)cc13)-c1cc3c(c(=O)n1C2)COC(=O)C3(CC)OCCN(CCNC)Cc1ccc2c(c1)CN(C)C2. The number of phenols is 3. The van der Waals surface area contributed by atoms with Crippen molar-refractivity contribution >= 4 is 29.9 Å². The van der Waals surface area contributed by atoms with E-state index >= 15 is 0 Å². The van der Waals surface area contributed by atoms with Crippen LogP contribution in [0.25, 0.3) is 22.3 Å². The maximum Gasteiger partial charge on any atom is 0.343 e. The number of likely N-dealkylation sites (N-methyl/N-ethyl adjacent to an activating group) is 1. The van der Waals surface area contributed by atoms with Crippen molar-refractivity contribution in [3.05, 3.63) is 115 Å². The second kappa shape index (κ2) is 19.4. The Bertz CT molecular complexity index is 2540. The van der Waals surface area contributed by atoms with Gasteiger partial charge in [-0.05, 0) is 91.0 Å². The largest absolute Gasteiger partial charge is 0.508 e. The number of benzene rings is 3. The van der Waals surface area contributed by atoms with Crippen LogP contribution in [0, 0.1) is 0 Å². The molecule has 0 amide bonds. The Kier molecular flexibility index (Phi) is 14.3. The number of pyridine rings is 2. The third-order valence-electron chi connectivity index (χ3n) is 12.0. The van der Waals surface area contributed by atoms with Crippen LogP contribution in [0.4, 0.5) is 0 Å². The second-order valence-electron chi connectivity index (χ2n) is 16.3. The number of rotatable bonds is 13. The van der Waals surface area contributed by atoms with Gasteiger partial charge >= 0.3 is 5.97 Å². The zero-order valence-corrected chi connectivity index (χ0v) is 36.4. The highest BCUT2D eigenvalue weighted by atomic mass is 16.6. The van der Waals surface area contributed by atoms with Crippen LogP contribution in [-0.2, 0) is 63.9 Å². The number of esters is 1.